The fraction of sp³-hybridized carbons (Fsp3) is 0.286. The van der Waals surface area contributed by atoms with Crippen LogP contribution >= 0.6 is 0 Å². The first-order valence-corrected chi connectivity index (χ1v) is 6.36. The first-order valence-electron chi connectivity index (χ1n) is 6.36. The Balaban J connectivity index is 2.00. The van der Waals surface area contributed by atoms with E-state index >= 15 is 0 Å². The molecule has 6 heteroatoms. The van der Waals surface area contributed by atoms with E-state index in [-0.39, 0.29) is 0 Å². The van der Waals surface area contributed by atoms with E-state index in [1.165, 1.54) is 0 Å². The Kier molecular flexibility index (Phi) is 3.39. The summed E-state index contributed by atoms with van der Waals surface area (Å²) in [5.41, 5.74) is 2.90. The number of nitrogens with zero attached hydrogens (tertiary/aromatic N) is 2. The van der Waals surface area contributed by atoms with Crippen LogP contribution in [0, 0.1) is 0 Å². The van der Waals surface area contributed by atoms with Crippen LogP contribution in [-0.4, -0.2) is 24.2 Å². The first-order chi connectivity index (χ1) is 9.81. The molecule has 1 aliphatic heterocycles. The van der Waals surface area contributed by atoms with Crippen LogP contribution in [0.4, 0.5) is 11.5 Å². The van der Waals surface area contributed by atoms with Crippen molar-refractivity contribution in [2.24, 2.45) is 0 Å². The zero-order chi connectivity index (χ0) is 13.9. The molecule has 0 amide bonds. The zero-order valence-electron chi connectivity index (χ0n) is 11.4. The quantitative estimate of drug-likeness (QED) is 0.885. The predicted octanol–water partition coefficient (Wildman–Crippen LogP) is 1.84. The number of benzene rings is 1. The molecule has 1 aliphatic rings. The van der Waals surface area contributed by atoms with Crippen molar-refractivity contribution in [1.82, 2.24) is 15.3 Å². The van der Waals surface area contributed by atoms with Gasteiger partial charge >= 0.3 is 6.01 Å². The number of ether oxygens (including phenoxy) is 2. The van der Waals surface area contributed by atoms with Crippen molar-refractivity contribution in [1.29, 1.82) is 0 Å². The molecule has 0 unspecified atom stereocenters. The van der Waals surface area contributed by atoms with Crippen LogP contribution in [0.25, 0.3) is 0 Å². The molecule has 2 aromatic rings. The van der Waals surface area contributed by atoms with E-state index in [0.717, 1.165) is 41.6 Å². The minimum Gasteiger partial charge on any atom is -0.495 e. The second-order valence-electron chi connectivity index (χ2n) is 4.41. The summed E-state index contributed by atoms with van der Waals surface area (Å²) in [5, 5.41) is 6.57. The average molecular weight is 272 g/mol. The second kappa shape index (κ2) is 5.34. The summed E-state index contributed by atoms with van der Waals surface area (Å²) in [6, 6.07) is 8.09. The average Bonchev–Trinajstić information content (AvgIpc) is 2.96. The van der Waals surface area contributed by atoms with E-state index in [9.17, 15) is 0 Å². The maximum absolute atomic E-state index is 5.34. The molecular formula is C14H16N4O2. The Morgan fingerprint density at radius 2 is 1.95 bits per heavy atom. The van der Waals surface area contributed by atoms with Crippen LogP contribution in [0.1, 0.15) is 11.3 Å². The van der Waals surface area contributed by atoms with Crippen LogP contribution in [0.5, 0.6) is 11.8 Å². The smallest absolute Gasteiger partial charge is 0.318 e. The normalized spacial score (nSPS) is 12.9. The van der Waals surface area contributed by atoms with Crippen LogP contribution in [0.3, 0.4) is 0 Å². The maximum atomic E-state index is 5.34. The highest BCUT2D eigenvalue weighted by Gasteiger charge is 2.20. The van der Waals surface area contributed by atoms with Gasteiger partial charge in [-0.1, -0.05) is 12.1 Å². The number of nitrogens with one attached hydrogen (secondary N) is 2. The van der Waals surface area contributed by atoms with Gasteiger partial charge in [-0.2, -0.15) is 9.97 Å². The number of para-hydroxylation sites is 2. The van der Waals surface area contributed by atoms with Crippen LogP contribution < -0.4 is 20.1 Å². The third-order valence-electron chi connectivity index (χ3n) is 3.21. The lowest BCUT2D eigenvalue weighted by Gasteiger charge is -2.13. The molecule has 0 aliphatic carbocycles. The number of aromatic nitrogens is 2. The number of rotatable bonds is 4. The van der Waals surface area contributed by atoms with Gasteiger partial charge in [0.25, 0.3) is 0 Å². The first kappa shape index (κ1) is 12.7. The summed E-state index contributed by atoms with van der Waals surface area (Å²) in [5.74, 6) is 1.52. The van der Waals surface area contributed by atoms with Crippen molar-refractivity contribution in [2.45, 2.75) is 13.1 Å². The Bertz CT molecular complexity index is 631. The molecular weight excluding hydrogens is 256 g/mol. The van der Waals surface area contributed by atoms with Crippen molar-refractivity contribution >= 4 is 11.5 Å². The van der Waals surface area contributed by atoms with E-state index in [1.807, 2.05) is 24.3 Å². The highest BCUT2D eigenvalue weighted by molar-refractivity contribution is 5.67. The molecule has 2 heterocycles. The lowest BCUT2D eigenvalue weighted by atomic mass is 10.2. The van der Waals surface area contributed by atoms with Crippen LogP contribution in [0.15, 0.2) is 24.3 Å². The van der Waals surface area contributed by atoms with Crippen molar-refractivity contribution < 1.29 is 9.47 Å². The summed E-state index contributed by atoms with van der Waals surface area (Å²) in [7, 11) is 3.21. The van der Waals surface area contributed by atoms with Crippen molar-refractivity contribution in [3.63, 3.8) is 0 Å². The molecule has 2 N–H and O–H groups in total. The van der Waals surface area contributed by atoms with E-state index < -0.39 is 0 Å². The van der Waals surface area contributed by atoms with Gasteiger partial charge in [0.15, 0.2) is 0 Å². The molecule has 6 nitrogen and oxygen atoms in total. The molecule has 1 aromatic heterocycles. The molecule has 0 atom stereocenters. The Labute approximate surface area is 117 Å². The van der Waals surface area contributed by atoms with E-state index in [4.69, 9.17) is 9.47 Å². The molecule has 0 saturated heterocycles. The van der Waals surface area contributed by atoms with E-state index in [0.29, 0.717) is 6.01 Å². The fourth-order valence-electron chi connectivity index (χ4n) is 2.22. The topological polar surface area (TPSA) is 68.3 Å². The summed E-state index contributed by atoms with van der Waals surface area (Å²) in [6.07, 6.45) is 0. The number of fused-ring (bicyclic) bond motifs is 1. The third kappa shape index (κ3) is 2.25. The maximum Gasteiger partial charge on any atom is 0.318 e. The molecule has 20 heavy (non-hydrogen) atoms. The van der Waals surface area contributed by atoms with Gasteiger partial charge in [-0.05, 0) is 12.1 Å². The summed E-state index contributed by atoms with van der Waals surface area (Å²) >= 11 is 0. The zero-order valence-corrected chi connectivity index (χ0v) is 11.4. The molecule has 104 valence electrons. The molecule has 0 radical (unpaired) electrons. The molecule has 0 bridgehead atoms. The molecule has 0 saturated carbocycles. The number of anilines is 2. The lowest BCUT2D eigenvalue weighted by molar-refractivity contribution is 0.379. The van der Waals surface area contributed by atoms with E-state index in [2.05, 4.69) is 20.6 Å². The van der Waals surface area contributed by atoms with Crippen LogP contribution in [0.2, 0.25) is 0 Å². The second-order valence-corrected chi connectivity index (χ2v) is 4.41. The summed E-state index contributed by atoms with van der Waals surface area (Å²) in [4.78, 5) is 8.74. The number of methoxy groups -OCH3 is 2. The summed E-state index contributed by atoms with van der Waals surface area (Å²) in [6.45, 7) is 1.48. The summed E-state index contributed by atoms with van der Waals surface area (Å²) < 4.78 is 10.5. The molecule has 0 spiro atoms. The minimum absolute atomic E-state index is 0.366. The SMILES string of the molecule is COc1nc2c(c(Nc3ccccc3OC)n1)CNC2. The van der Waals surface area contributed by atoms with E-state index in [1.54, 1.807) is 14.2 Å². The fourth-order valence-corrected chi connectivity index (χ4v) is 2.22. The Morgan fingerprint density at radius 1 is 1.10 bits per heavy atom. The molecule has 3 rings (SSSR count). The molecule has 0 fully saturated rings. The monoisotopic (exact) mass is 272 g/mol. The third-order valence-corrected chi connectivity index (χ3v) is 3.21. The van der Waals surface area contributed by atoms with Gasteiger partial charge in [-0.15, -0.1) is 0 Å². The Hall–Kier alpha value is -2.34. The number of hydrogen-bond donors (Lipinski definition) is 2. The lowest BCUT2D eigenvalue weighted by Crippen LogP contribution is -2.05. The highest BCUT2D eigenvalue weighted by Crippen LogP contribution is 2.30. The van der Waals surface area contributed by atoms with Crippen molar-refractivity contribution in [3.8, 4) is 11.8 Å². The van der Waals surface area contributed by atoms with Gasteiger partial charge in [0.2, 0.25) is 0 Å². The number of hydrogen-bond acceptors (Lipinski definition) is 6. The van der Waals surface area contributed by atoms with Gasteiger partial charge < -0.3 is 20.1 Å². The van der Waals surface area contributed by atoms with Gasteiger partial charge in [-0.25, -0.2) is 0 Å². The van der Waals surface area contributed by atoms with Crippen molar-refractivity contribution in [3.05, 3.63) is 35.5 Å². The molecule has 1 aromatic carbocycles. The van der Waals surface area contributed by atoms with Crippen LogP contribution in [-0.2, 0) is 13.1 Å². The van der Waals surface area contributed by atoms with Gasteiger partial charge in [-0.3, -0.25) is 0 Å². The highest BCUT2D eigenvalue weighted by atomic mass is 16.5. The Morgan fingerprint density at radius 3 is 2.75 bits per heavy atom. The van der Waals surface area contributed by atoms with Gasteiger partial charge in [0.1, 0.15) is 11.6 Å². The van der Waals surface area contributed by atoms with Gasteiger partial charge in [0.05, 0.1) is 25.6 Å². The standard InChI is InChI=1S/C14H16N4O2/c1-19-12-6-4-3-5-10(12)16-13-9-7-15-8-11(9)17-14(18-13)20-2/h3-6,15H,7-8H2,1-2H3,(H,16,17,18). The minimum atomic E-state index is 0.366. The predicted molar refractivity (Wildman–Crippen MR) is 75.4 cm³/mol. The largest absolute Gasteiger partial charge is 0.495 e. The van der Waals surface area contributed by atoms with Gasteiger partial charge in [0, 0.05) is 18.7 Å². The van der Waals surface area contributed by atoms with Crippen molar-refractivity contribution in [2.75, 3.05) is 19.5 Å².